The van der Waals surface area contributed by atoms with Crippen LogP contribution in [0.4, 0.5) is 11.4 Å². The van der Waals surface area contributed by atoms with E-state index in [1.54, 1.807) is 6.07 Å². The van der Waals surface area contributed by atoms with E-state index in [0.29, 0.717) is 17.8 Å². The molecule has 0 spiro atoms. The van der Waals surface area contributed by atoms with E-state index in [9.17, 15) is 9.59 Å². The van der Waals surface area contributed by atoms with E-state index in [4.69, 9.17) is 0 Å². The third-order valence-corrected chi connectivity index (χ3v) is 4.04. The molecule has 2 aromatic rings. The number of aromatic nitrogens is 1. The summed E-state index contributed by atoms with van der Waals surface area (Å²) in [5.74, 6) is -0.544. The minimum absolute atomic E-state index is 0.239. The molecule has 0 atom stereocenters. The molecule has 0 aliphatic rings. The van der Waals surface area contributed by atoms with Crippen LogP contribution in [0.1, 0.15) is 48.0 Å². The fraction of sp³-hybridized carbons (Fsp3) is 0.350. The lowest BCUT2D eigenvalue weighted by atomic mass is 10.2. The van der Waals surface area contributed by atoms with Crippen LogP contribution in [-0.4, -0.2) is 36.4 Å². The Kier molecular flexibility index (Phi) is 7.14. The fourth-order valence-electron chi connectivity index (χ4n) is 2.57. The second-order valence-electron chi connectivity index (χ2n) is 5.86. The SMILES string of the molecule is CCCNC(=O)c1cc(C(=O)Nc2ccc(N(CC)CC)cc2)ccn1. The van der Waals surface area contributed by atoms with E-state index >= 15 is 0 Å². The predicted molar refractivity (Wildman–Crippen MR) is 105 cm³/mol. The van der Waals surface area contributed by atoms with Crippen LogP contribution in [0.15, 0.2) is 42.6 Å². The zero-order valence-corrected chi connectivity index (χ0v) is 15.6. The van der Waals surface area contributed by atoms with Gasteiger partial charge in [-0.1, -0.05) is 6.92 Å². The molecule has 1 aromatic carbocycles. The van der Waals surface area contributed by atoms with Gasteiger partial charge in [-0.25, -0.2) is 0 Å². The third kappa shape index (κ3) is 5.05. The average Bonchev–Trinajstić information content (AvgIpc) is 2.68. The number of anilines is 2. The molecule has 1 aromatic heterocycles. The van der Waals surface area contributed by atoms with Crippen LogP contribution < -0.4 is 15.5 Å². The van der Waals surface area contributed by atoms with Gasteiger partial charge in [0.2, 0.25) is 0 Å². The number of hydrogen-bond donors (Lipinski definition) is 2. The average molecular weight is 354 g/mol. The highest BCUT2D eigenvalue weighted by Gasteiger charge is 2.12. The minimum atomic E-state index is -0.273. The van der Waals surface area contributed by atoms with Crippen LogP contribution >= 0.6 is 0 Å². The van der Waals surface area contributed by atoms with Crippen molar-refractivity contribution in [3.8, 4) is 0 Å². The van der Waals surface area contributed by atoms with Crippen molar-refractivity contribution in [1.29, 1.82) is 0 Å². The number of pyridine rings is 1. The van der Waals surface area contributed by atoms with E-state index in [-0.39, 0.29) is 17.5 Å². The number of nitrogens with zero attached hydrogens (tertiary/aromatic N) is 2. The maximum atomic E-state index is 12.5. The largest absolute Gasteiger partial charge is 0.372 e. The standard InChI is InChI=1S/C20H26N4O2/c1-4-12-22-20(26)18-14-15(11-13-21-18)19(25)23-16-7-9-17(10-8-16)24(5-2)6-3/h7-11,13-14H,4-6,12H2,1-3H3,(H,22,26)(H,23,25). The zero-order valence-electron chi connectivity index (χ0n) is 15.6. The molecule has 2 rings (SSSR count). The van der Waals surface area contributed by atoms with E-state index < -0.39 is 0 Å². The first-order valence-electron chi connectivity index (χ1n) is 8.99. The Hall–Kier alpha value is -2.89. The summed E-state index contributed by atoms with van der Waals surface area (Å²) < 4.78 is 0. The van der Waals surface area contributed by atoms with Gasteiger partial charge in [-0.05, 0) is 56.7 Å². The van der Waals surface area contributed by atoms with Gasteiger partial charge in [-0.2, -0.15) is 0 Å². The molecule has 0 aliphatic heterocycles. The van der Waals surface area contributed by atoms with Crippen molar-refractivity contribution < 1.29 is 9.59 Å². The summed E-state index contributed by atoms with van der Waals surface area (Å²) in [7, 11) is 0. The Morgan fingerprint density at radius 2 is 1.69 bits per heavy atom. The van der Waals surface area contributed by atoms with Crippen molar-refractivity contribution in [1.82, 2.24) is 10.3 Å². The lowest BCUT2D eigenvalue weighted by molar-refractivity contribution is 0.0948. The number of rotatable bonds is 8. The molecule has 0 fully saturated rings. The molecular weight excluding hydrogens is 328 g/mol. The lowest BCUT2D eigenvalue weighted by Crippen LogP contribution is -2.25. The van der Waals surface area contributed by atoms with E-state index in [1.807, 2.05) is 31.2 Å². The molecule has 0 unspecified atom stereocenters. The van der Waals surface area contributed by atoms with Crippen molar-refractivity contribution in [3.05, 3.63) is 53.9 Å². The van der Waals surface area contributed by atoms with E-state index in [0.717, 1.165) is 25.2 Å². The molecular formula is C20H26N4O2. The predicted octanol–water partition coefficient (Wildman–Crippen LogP) is 3.32. The highest BCUT2D eigenvalue weighted by molar-refractivity contribution is 6.05. The summed E-state index contributed by atoms with van der Waals surface area (Å²) in [4.78, 5) is 30.7. The molecule has 6 nitrogen and oxygen atoms in total. The molecule has 0 radical (unpaired) electrons. The van der Waals surface area contributed by atoms with Gasteiger partial charge >= 0.3 is 0 Å². The summed E-state index contributed by atoms with van der Waals surface area (Å²) in [6.07, 6.45) is 2.31. The molecule has 2 N–H and O–H groups in total. The summed E-state index contributed by atoms with van der Waals surface area (Å²) in [6.45, 7) is 8.64. The Morgan fingerprint density at radius 3 is 2.31 bits per heavy atom. The van der Waals surface area contributed by atoms with Gasteiger partial charge in [0.05, 0.1) is 0 Å². The third-order valence-electron chi connectivity index (χ3n) is 4.04. The number of nitrogens with one attached hydrogen (secondary N) is 2. The monoisotopic (exact) mass is 354 g/mol. The Morgan fingerprint density at radius 1 is 1.00 bits per heavy atom. The number of amides is 2. The van der Waals surface area contributed by atoms with Gasteiger partial charge in [-0.3, -0.25) is 14.6 Å². The first-order chi connectivity index (χ1) is 12.6. The summed E-state index contributed by atoms with van der Waals surface area (Å²) >= 11 is 0. The van der Waals surface area contributed by atoms with Crippen LogP contribution in [0.3, 0.4) is 0 Å². The highest BCUT2D eigenvalue weighted by atomic mass is 16.2. The molecule has 1 heterocycles. The Bertz CT molecular complexity index is 740. The lowest BCUT2D eigenvalue weighted by Gasteiger charge is -2.21. The number of hydrogen-bond acceptors (Lipinski definition) is 4. The zero-order chi connectivity index (χ0) is 18.9. The van der Waals surface area contributed by atoms with E-state index in [1.165, 1.54) is 12.3 Å². The van der Waals surface area contributed by atoms with Gasteiger partial charge < -0.3 is 15.5 Å². The maximum Gasteiger partial charge on any atom is 0.269 e. The van der Waals surface area contributed by atoms with Crippen molar-refractivity contribution in [3.63, 3.8) is 0 Å². The summed E-state index contributed by atoms with van der Waals surface area (Å²) in [6, 6.07) is 10.8. The second-order valence-corrected chi connectivity index (χ2v) is 5.86. The van der Waals surface area contributed by atoms with Gasteiger partial charge in [0.1, 0.15) is 5.69 Å². The van der Waals surface area contributed by atoms with Crippen LogP contribution in [0.5, 0.6) is 0 Å². The fourth-order valence-corrected chi connectivity index (χ4v) is 2.57. The van der Waals surface area contributed by atoms with Crippen molar-refractivity contribution in [2.45, 2.75) is 27.2 Å². The quantitative estimate of drug-likeness (QED) is 0.763. The topological polar surface area (TPSA) is 74.3 Å². The van der Waals surface area contributed by atoms with Crippen LogP contribution in [0, 0.1) is 0 Å². The number of carbonyl (C=O) groups is 2. The van der Waals surface area contributed by atoms with Crippen LogP contribution in [0.2, 0.25) is 0 Å². The molecule has 26 heavy (non-hydrogen) atoms. The molecule has 2 amide bonds. The van der Waals surface area contributed by atoms with Gasteiger partial charge in [0.25, 0.3) is 11.8 Å². The van der Waals surface area contributed by atoms with Gasteiger partial charge in [-0.15, -0.1) is 0 Å². The molecule has 0 saturated heterocycles. The summed E-state index contributed by atoms with van der Waals surface area (Å²) in [5, 5.41) is 5.61. The molecule has 0 aliphatic carbocycles. The van der Waals surface area contributed by atoms with Gasteiger partial charge in [0, 0.05) is 42.8 Å². The van der Waals surface area contributed by atoms with Crippen LogP contribution in [-0.2, 0) is 0 Å². The van der Waals surface area contributed by atoms with Crippen LogP contribution in [0.25, 0.3) is 0 Å². The second kappa shape index (κ2) is 9.56. The Labute approximate surface area is 154 Å². The summed E-state index contributed by atoms with van der Waals surface area (Å²) in [5.41, 5.74) is 2.46. The molecule has 0 bridgehead atoms. The first kappa shape index (κ1) is 19.4. The first-order valence-corrected chi connectivity index (χ1v) is 8.99. The molecule has 138 valence electrons. The normalized spacial score (nSPS) is 10.3. The smallest absolute Gasteiger partial charge is 0.269 e. The number of carbonyl (C=O) groups excluding carboxylic acids is 2. The molecule has 0 saturated carbocycles. The highest BCUT2D eigenvalue weighted by Crippen LogP contribution is 2.18. The van der Waals surface area contributed by atoms with Gasteiger partial charge in [0.15, 0.2) is 0 Å². The van der Waals surface area contributed by atoms with Crippen molar-refractivity contribution >= 4 is 23.2 Å². The number of benzene rings is 1. The minimum Gasteiger partial charge on any atom is -0.372 e. The molecule has 6 heteroatoms. The maximum absolute atomic E-state index is 12.5. The van der Waals surface area contributed by atoms with Crippen molar-refractivity contribution in [2.24, 2.45) is 0 Å². The van der Waals surface area contributed by atoms with Crippen molar-refractivity contribution in [2.75, 3.05) is 29.9 Å². The van der Waals surface area contributed by atoms with E-state index in [2.05, 4.69) is 34.4 Å². The Balaban J connectivity index is 2.06.